The molecule has 31 heavy (non-hydrogen) atoms. The molecule has 2 aromatic carbocycles. The molecule has 1 atom stereocenters. The van der Waals surface area contributed by atoms with E-state index in [9.17, 15) is 14.4 Å². The summed E-state index contributed by atoms with van der Waals surface area (Å²) in [7, 11) is 3.98. The number of carbonyl (C=O) groups is 3. The highest BCUT2D eigenvalue weighted by Gasteiger charge is 2.42. The maximum atomic E-state index is 12.7. The molecule has 2 fully saturated rings. The van der Waals surface area contributed by atoms with Gasteiger partial charge in [-0.25, -0.2) is 0 Å². The average molecular weight is 439 g/mol. The Morgan fingerprint density at radius 3 is 2.42 bits per heavy atom. The molecule has 162 valence electrons. The van der Waals surface area contributed by atoms with Gasteiger partial charge in [0.15, 0.2) is 0 Å². The Bertz CT molecular complexity index is 975. The fourth-order valence-corrected chi connectivity index (χ4v) is 4.92. The number of carbonyl (C=O) groups excluding carboxylic acids is 3. The summed E-state index contributed by atoms with van der Waals surface area (Å²) in [6, 6.07) is 14.9. The third-order valence-corrected chi connectivity index (χ3v) is 6.63. The molecule has 2 aliphatic rings. The van der Waals surface area contributed by atoms with Gasteiger partial charge in [0, 0.05) is 44.2 Å². The number of nitrogens with one attached hydrogen (secondary N) is 1. The van der Waals surface area contributed by atoms with Crippen molar-refractivity contribution in [1.82, 2.24) is 15.1 Å². The molecule has 0 aromatic heterocycles. The molecule has 3 amide bonds. The smallest absolute Gasteiger partial charge is 0.251 e. The normalized spacial score (nSPS) is 18.2. The van der Waals surface area contributed by atoms with Gasteiger partial charge in [-0.1, -0.05) is 24.3 Å². The van der Waals surface area contributed by atoms with Crippen LogP contribution >= 0.6 is 11.8 Å². The van der Waals surface area contributed by atoms with E-state index >= 15 is 0 Å². The Labute approximate surface area is 186 Å². The van der Waals surface area contributed by atoms with Gasteiger partial charge in [0.05, 0.1) is 5.88 Å². The molecule has 0 aliphatic carbocycles. The molecule has 7 nitrogen and oxygen atoms in total. The van der Waals surface area contributed by atoms with Crippen molar-refractivity contribution in [2.75, 3.05) is 37.2 Å². The second kappa shape index (κ2) is 9.01. The molecule has 1 N–H and O–H groups in total. The Kier molecular flexibility index (Phi) is 6.18. The minimum atomic E-state index is -0.330. The van der Waals surface area contributed by atoms with Crippen LogP contribution in [-0.4, -0.2) is 65.8 Å². The first-order valence-electron chi connectivity index (χ1n) is 10.2. The molecule has 8 heteroatoms. The van der Waals surface area contributed by atoms with E-state index in [2.05, 4.69) is 5.32 Å². The molecule has 2 aliphatic heterocycles. The fraction of sp³-hybridized carbons (Fsp3) is 0.348. The monoisotopic (exact) mass is 438 g/mol. The van der Waals surface area contributed by atoms with Crippen molar-refractivity contribution in [3.63, 3.8) is 0 Å². The summed E-state index contributed by atoms with van der Waals surface area (Å²) in [5.41, 5.74) is 3.60. The Balaban J connectivity index is 1.33. The summed E-state index contributed by atoms with van der Waals surface area (Å²) in [5.74, 6) is 1.13. The Morgan fingerprint density at radius 2 is 1.74 bits per heavy atom. The lowest BCUT2D eigenvalue weighted by atomic mass is 10.1. The van der Waals surface area contributed by atoms with Crippen LogP contribution in [0.1, 0.15) is 21.5 Å². The first-order valence-corrected chi connectivity index (χ1v) is 11.4. The van der Waals surface area contributed by atoms with Crippen LogP contribution in [-0.2, 0) is 22.7 Å². The van der Waals surface area contributed by atoms with E-state index in [1.807, 2.05) is 55.4 Å². The summed E-state index contributed by atoms with van der Waals surface area (Å²) >= 11 is 1.62. The number of hydrogen-bond acceptors (Lipinski definition) is 5. The number of anilines is 1. The highest BCUT2D eigenvalue weighted by Crippen LogP contribution is 2.26. The largest absolute Gasteiger partial charge is 0.378 e. The quantitative estimate of drug-likeness (QED) is 0.746. The van der Waals surface area contributed by atoms with Gasteiger partial charge in [-0.05, 0) is 35.4 Å². The lowest BCUT2D eigenvalue weighted by molar-refractivity contribution is -0.153. The van der Waals surface area contributed by atoms with E-state index in [0.29, 0.717) is 30.3 Å². The topological polar surface area (TPSA) is 73.0 Å². The van der Waals surface area contributed by atoms with Crippen LogP contribution in [0.4, 0.5) is 5.69 Å². The zero-order chi connectivity index (χ0) is 22.0. The van der Waals surface area contributed by atoms with Crippen LogP contribution < -0.4 is 10.2 Å². The van der Waals surface area contributed by atoms with Gasteiger partial charge in [-0.2, -0.15) is 0 Å². The molecule has 0 radical (unpaired) electrons. The van der Waals surface area contributed by atoms with Crippen LogP contribution in [0.25, 0.3) is 0 Å². The van der Waals surface area contributed by atoms with Crippen molar-refractivity contribution >= 4 is 35.2 Å². The van der Waals surface area contributed by atoms with Gasteiger partial charge in [-0.15, -0.1) is 11.8 Å². The SMILES string of the molecule is CN(C)c1ccc(CNC(=O)c2ccc(CN3CC(=O)N4CSC[C@H]4C3=O)cc2)cc1. The van der Waals surface area contributed by atoms with Gasteiger partial charge in [0.2, 0.25) is 11.8 Å². The number of piperazine rings is 1. The second-order valence-corrected chi connectivity index (χ2v) is 9.01. The van der Waals surface area contributed by atoms with Crippen molar-refractivity contribution < 1.29 is 14.4 Å². The van der Waals surface area contributed by atoms with E-state index in [1.54, 1.807) is 33.7 Å². The molecule has 2 heterocycles. The summed E-state index contributed by atoms with van der Waals surface area (Å²) in [6.45, 7) is 0.943. The highest BCUT2D eigenvalue weighted by atomic mass is 32.2. The van der Waals surface area contributed by atoms with Crippen molar-refractivity contribution in [1.29, 1.82) is 0 Å². The number of rotatable bonds is 6. The maximum Gasteiger partial charge on any atom is 0.251 e. The third kappa shape index (κ3) is 4.69. The standard InChI is InChI=1S/C23H26N4O3S/c1-25(2)19-9-5-16(6-10-19)11-24-22(29)18-7-3-17(4-8-18)12-26-13-21(28)27-15-31-14-20(27)23(26)30/h3-10,20H,11-15H2,1-2H3,(H,24,29)/t20-/m0/s1. The number of thioether (sulfide) groups is 1. The predicted octanol–water partition coefficient (Wildman–Crippen LogP) is 1.93. The fourth-order valence-electron chi connectivity index (χ4n) is 3.75. The molecule has 0 bridgehead atoms. The molecule has 2 saturated heterocycles. The van der Waals surface area contributed by atoms with Gasteiger partial charge in [0.25, 0.3) is 5.91 Å². The average Bonchev–Trinajstić information content (AvgIpc) is 3.27. The van der Waals surface area contributed by atoms with Gasteiger partial charge in [-0.3, -0.25) is 14.4 Å². The number of amides is 3. The number of hydrogen-bond donors (Lipinski definition) is 1. The number of fused-ring (bicyclic) bond motifs is 1. The lowest BCUT2D eigenvalue weighted by Crippen LogP contribution is -2.57. The summed E-state index contributed by atoms with van der Waals surface area (Å²) in [6.07, 6.45) is 0. The molecule has 0 unspecified atom stereocenters. The second-order valence-electron chi connectivity index (χ2n) is 8.01. The zero-order valence-electron chi connectivity index (χ0n) is 17.7. The van der Waals surface area contributed by atoms with Crippen molar-refractivity contribution in [2.24, 2.45) is 0 Å². The Morgan fingerprint density at radius 1 is 1.06 bits per heavy atom. The van der Waals surface area contributed by atoms with Gasteiger partial charge < -0.3 is 20.0 Å². The summed E-state index contributed by atoms with van der Waals surface area (Å²) < 4.78 is 0. The number of benzene rings is 2. The van der Waals surface area contributed by atoms with E-state index in [1.165, 1.54) is 0 Å². The summed E-state index contributed by atoms with van der Waals surface area (Å²) in [4.78, 5) is 42.7. The van der Waals surface area contributed by atoms with Crippen molar-refractivity contribution in [2.45, 2.75) is 19.1 Å². The van der Waals surface area contributed by atoms with Gasteiger partial charge >= 0.3 is 0 Å². The van der Waals surface area contributed by atoms with Gasteiger partial charge in [0.1, 0.15) is 12.6 Å². The van der Waals surface area contributed by atoms with Crippen LogP contribution in [0.3, 0.4) is 0 Å². The minimum absolute atomic E-state index is 0.00390. The Hall–Kier alpha value is -3.00. The third-order valence-electron chi connectivity index (χ3n) is 5.62. The van der Waals surface area contributed by atoms with Crippen molar-refractivity contribution in [3.8, 4) is 0 Å². The minimum Gasteiger partial charge on any atom is -0.378 e. The van der Waals surface area contributed by atoms with Crippen LogP contribution in [0.15, 0.2) is 48.5 Å². The molecule has 4 rings (SSSR count). The molecule has 2 aromatic rings. The maximum absolute atomic E-state index is 12.7. The van der Waals surface area contributed by atoms with Crippen LogP contribution in [0.2, 0.25) is 0 Å². The predicted molar refractivity (Wildman–Crippen MR) is 122 cm³/mol. The van der Waals surface area contributed by atoms with Crippen LogP contribution in [0, 0.1) is 0 Å². The summed E-state index contributed by atoms with van der Waals surface area (Å²) in [5, 5.41) is 2.93. The zero-order valence-corrected chi connectivity index (χ0v) is 18.5. The van der Waals surface area contributed by atoms with Crippen LogP contribution in [0.5, 0.6) is 0 Å². The van der Waals surface area contributed by atoms with E-state index < -0.39 is 0 Å². The molecular formula is C23H26N4O3S. The molecular weight excluding hydrogens is 412 g/mol. The molecule has 0 saturated carbocycles. The highest BCUT2D eigenvalue weighted by molar-refractivity contribution is 7.99. The first kappa shape index (κ1) is 21.2. The van der Waals surface area contributed by atoms with E-state index in [-0.39, 0.29) is 30.3 Å². The molecule has 0 spiro atoms. The van der Waals surface area contributed by atoms with E-state index in [4.69, 9.17) is 0 Å². The van der Waals surface area contributed by atoms with Crippen molar-refractivity contribution in [3.05, 3.63) is 65.2 Å². The number of nitrogens with zero attached hydrogens (tertiary/aromatic N) is 3. The first-order chi connectivity index (χ1) is 14.9. The lowest BCUT2D eigenvalue weighted by Gasteiger charge is -2.35. The van der Waals surface area contributed by atoms with E-state index in [0.717, 1.165) is 16.8 Å².